The lowest BCUT2D eigenvalue weighted by molar-refractivity contribution is -0.135. The quantitative estimate of drug-likeness (QED) is 0.295. The van der Waals surface area contributed by atoms with E-state index in [1.54, 1.807) is 67.6 Å². The molecule has 0 radical (unpaired) electrons. The van der Waals surface area contributed by atoms with Gasteiger partial charge in [0, 0.05) is 16.7 Å². The molecule has 0 heterocycles. The number of ketones is 1. The van der Waals surface area contributed by atoms with Gasteiger partial charge in [-0.25, -0.2) is 0 Å². The molecule has 3 aromatic carbocycles. The zero-order valence-corrected chi connectivity index (χ0v) is 16.1. The summed E-state index contributed by atoms with van der Waals surface area (Å²) in [6.45, 7) is 1.76. The van der Waals surface area contributed by atoms with Gasteiger partial charge in [-0.05, 0) is 36.8 Å². The van der Waals surface area contributed by atoms with Crippen molar-refractivity contribution in [1.29, 1.82) is 0 Å². The smallest absolute Gasteiger partial charge is 0.318 e. The Labute approximate surface area is 169 Å². The van der Waals surface area contributed by atoms with Gasteiger partial charge in [0.25, 0.3) is 0 Å². The van der Waals surface area contributed by atoms with E-state index in [4.69, 9.17) is 22.7 Å². The van der Waals surface area contributed by atoms with Crippen molar-refractivity contribution in [3.8, 4) is 5.75 Å². The van der Waals surface area contributed by atoms with Gasteiger partial charge in [0.15, 0.2) is 5.78 Å². The van der Waals surface area contributed by atoms with Crippen LogP contribution in [0.1, 0.15) is 39.9 Å². The highest BCUT2D eigenvalue weighted by Crippen LogP contribution is 2.21. The van der Waals surface area contributed by atoms with Gasteiger partial charge in [0.2, 0.25) is 0 Å². The minimum Gasteiger partial charge on any atom is -0.426 e. The molecule has 0 fully saturated rings. The SMILES string of the molecule is CC(C(=O)Oc1ccc(C(N)=S)cc1)c1ccc(C(=O)c2ccccc2)cc1. The third-order valence-electron chi connectivity index (χ3n) is 4.42. The molecule has 4 nitrogen and oxygen atoms in total. The second-order valence-electron chi connectivity index (χ2n) is 6.35. The number of rotatable bonds is 6. The summed E-state index contributed by atoms with van der Waals surface area (Å²) in [5.74, 6) is -0.491. The van der Waals surface area contributed by atoms with Gasteiger partial charge in [0.05, 0.1) is 5.92 Å². The first kappa shape index (κ1) is 19.5. The number of carbonyl (C=O) groups is 2. The fraction of sp³-hybridized carbons (Fsp3) is 0.0870. The first-order valence-corrected chi connectivity index (χ1v) is 9.18. The van der Waals surface area contributed by atoms with Gasteiger partial charge in [0.1, 0.15) is 10.7 Å². The van der Waals surface area contributed by atoms with E-state index < -0.39 is 5.92 Å². The summed E-state index contributed by atoms with van der Waals surface area (Å²) in [6.07, 6.45) is 0. The van der Waals surface area contributed by atoms with Gasteiger partial charge < -0.3 is 10.5 Å². The fourth-order valence-electron chi connectivity index (χ4n) is 2.71. The molecule has 0 aliphatic rings. The van der Waals surface area contributed by atoms with Crippen LogP contribution in [0.3, 0.4) is 0 Å². The second-order valence-corrected chi connectivity index (χ2v) is 6.79. The zero-order chi connectivity index (χ0) is 20.1. The molecule has 0 amide bonds. The maximum Gasteiger partial charge on any atom is 0.318 e. The molecule has 140 valence electrons. The van der Waals surface area contributed by atoms with E-state index in [-0.39, 0.29) is 16.7 Å². The van der Waals surface area contributed by atoms with Gasteiger partial charge in [-0.2, -0.15) is 0 Å². The lowest BCUT2D eigenvalue weighted by Crippen LogP contribution is -2.16. The molecule has 0 bridgehead atoms. The Hall–Kier alpha value is -3.31. The maximum absolute atomic E-state index is 12.5. The Morgan fingerprint density at radius 3 is 1.93 bits per heavy atom. The molecule has 28 heavy (non-hydrogen) atoms. The largest absolute Gasteiger partial charge is 0.426 e. The number of carbonyl (C=O) groups excluding carboxylic acids is 2. The van der Waals surface area contributed by atoms with Crippen molar-refractivity contribution in [2.75, 3.05) is 0 Å². The van der Waals surface area contributed by atoms with Crippen molar-refractivity contribution in [3.63, 3.8) is 0 Å². The van der Waals surface area contributed by atoms with E-state index >= 15 is 0 Å². The van der Waals surface area contributed by atoms with Crippen LogP contribution in [0.4, 0.5) is 0 Å². The Bertz CT molecular complexity index is 996. The molecule has 0 aliphatic carbocycles. The molecule has 0 spiro atoms. The molecular formula is C23H19NO3S. The first-order chi connectivity index (χ1) is 13.5. The van der Waals surface area contributed by atoms with Crippen molar-refractivity contribution in [3.05, 3.63) is 101 Å². The Kier molecular flexibility index (Phi) is 5.96. The Morgan fingerprint density at radius 2 is 1.36 bits per heavy atom. The number of hydrogen-bond donors (Lipinski definition) is 1. The topological polar surface area (TPSA) is 69.4 Å². The van der Waals surface area contributed by atoms with Crippen molar-refractivity contribution >= 4 is 29.0 Å². The third kappa shape index (κ3) is 4.50. The molecule has 0 saturated carbocycles. The highest BCUT2D eigenvalue weighted by Gasteiger charge is 2.18. The lowest BCUT2D eigenvalue weighted by Gasteiger charge is -2.12. The van der Waals surface area contributed by atoms with E-state index in [2.05, 4.69) is 0 Å². The van der Waals surface area contributed by atoms with Crippen LogP contribution in [0.25, 0.3) is 0 Å². The highest BCUT2D eigenvalue weighted by atomic mass is 32.1. The summed E-state index contributed by atoms with van der Waals surface area (Å²) in [5.41, 5.74) is 8.24. The average Bonchev–Trinajstić information content (AvgIpc) is 2.73. The molecule has 2 N–H and O–H groups in total. The predicted octanol–water partition coefficient (Wildman–Crippen LogP) is 4.26. The summed E-state index contributed by atoms with van der Waals surface area (Å²) < 4.78 is 5.42. The maximum atomic E-state index is 12.5. The number of benzene rings is 3. The number of hydrogen-bond acceptors (Lipinski definition) is 4. The molecule has 1 unspecified atom stereocenters. The molecule has 0 aliphatic heterocycles. The van der Waals surface area contributed by atoms with Gasteiger partial charge in [-0.1, -0.05) is 66.8 Å². The fourth-order valence-corrected chi connectivity index (χ4v) is 2.84. The van der Waals surface area contributed by atoms with Crippen molar-refractivity contribution in [1.82, 2.24) is 0 Å². The van der Waals surface area contributed by atoms with Crippen LogP contribution in [-0.2, 0) is 4.79 Å². The summed E-state index contributed by atoms with van der Waals surface area (Å²) >= 11 is 4.90. The van der Waals surface area contributed by atoms with Crippen LogP contribution >= 0.6 is 12.2 Å². The van der Waals surface area contributed by atoms with Crippen molar-refractivity contribution in [2.45, 2.75) is 12.8 Å². The van der Waals surface area contributed by atoms with Crippen LogP contribution < -0.4 is 10.5 Å². The van der Waals surface area contributed by atoms with E-state index in [9.17, 15) is 9.59 Å². The predicted molar refractivity (Wildman–Crippen MR) is 113 cm³/mol. The zero-order valence-electron chi connectivity index (χ0n) is 15.3. The monoisotopic (exact) mass is 389 g/mol. The van der Waals surface area contributed by atoms with Crippen LogP contribution in [0.15, 0.2) is 78.9 Å². The van der Waals surface area contributed by atoms with Crippen molar-refractivity contribution in [2.24, 2.45) is 5.73 Å². The number of thiocarbonyl (C=S) groups is 1. The minimum atomic E-state index is -0.476. The van der Waals surface area contributed by atoms with Crippen molar-refractivity contribution < 1.29 is 14.3 Å². The summed E-state index contributed by atoms with van der Waals surface area (Å²) in [5, 5.41) is 0. The lowest BCUT2D eigenvalue weighted by atomic mass is 9.97. The number of ether oxygens (including phenoxy) is 1. The van der Waals surface area contributed by atoms with Crippen LogP contribution in [0, 0.1) is 0 Å². The Morgan fingerprint density at radius 1 is 0.821 bits per heavy atom. The second kappa shape index (κ2) is 8.59. The standard InChI is InChI=1S/C23H19NO3S/c1-15(23(26)27-20-13-11-19(12-14-20)22(24)28)16-7-9-18(10-8-16)21(25)17-5-3-2-4-6-17/h2-15H,1H3,(H2,24,28). The molecule has 3 rings (SSSR count). The van der Waals surface area contributed by atoms with E-state index in [1.165, 1.54) is 0 Å². The molecular weight excluding hydrogens is 370 g/mol. The molecule has 3 aromatic rings. The van der Waals surface area contributed by atoms with E-state index in [0.717, 1.165) is 5.56 Å². The summed E-state index contributed by atoms with van der Waals surface area (Å²) in [4.78, 5) is 25.2. The molecule has 0 aromatic heterocycles. The summed E-state index contributed by atoms with van der Waals surface area (Å²) in [7, 11) is 0. The van der Waals surface area contributed by atoms with Crippen LogP contribution in [-0.4, -0.2) is 16.7 Å². The Balaban J connectivity index is 1.68. The first-order valence-electron chi connectivity index (χ1n) is 8.77. The van der Waals surface area contributed by atoms with Crippen LogP contribution in [0.5, 0.6) is 5.75 Å². The molecule has 0 saturated heterocycles. The van der Waals surface area contributed by atoms with Crippen LogP contribution in [0.2, 0.25) is 0 Å². The number of nitrogens with two attached hydrogens (primary N) is 1. The molecule has 5 heteroatoms. The average molecular weight is 389 g/mol. The van der Waals surface area contributed by atoms with Gasteiger partial charge >= 0.3 is 5.97 Å². The third-order valence-corrected chi connectivity index (χ3v) is 4.66. The van der Waals surface area contributed by atoms with Gasteiger partial charge in [-0.15, -0.1) is 0 Å². The van der Waals surface area contributed by atoms with E-state index in [1.807, 2.05) is 18.2 Å². The minimum absolute atomic E-state index is 0.0553. The van der Waals surface area contributed by atoms with E-state index in [0.29, 0.717) is 22.4 Å². The summed E-state index contributed by atoms with van der Waals surface area (Å²) in [6, 6.07) is 22.8. The normalized spacial score (nSPS) is 11.5. The number of esters is 1. The van der Waals surface area contributed by atoms with Gasteiger partial charge in [-0.3, -0.25) is 9.59 Å². The molecule has 1 atom stereocenters. The highest BCUT2D eigenvalue weighted by molar-refractivity contribution is 7.80.